The molecule has 1 aliphatic heterocycles. The number of benzene rings is 2. The van der Waals surface area contributed by atoms with Crippen LogP contribution in [-0.2, 0) is 4.79 Å². The van der Waals surface area contributed by atoms with Crippen molar-refractivity contribution in [2.45, 2.75) is 6.42 Å². The second-order valence-corrected chi connectivity index (χ2v) is 4.64. The molecule has 0 fully saturated rings. The lowest BCUT2D eigenvalue weighted by atomic mass is 10.0. The molecule has 1 heterocycles. The van der Waals surface area contributed by atoms with E-state index in [0.29, 0.717) is 12.0 Å². The Hall–Kier alpha value is -2.68. The molecule has 0 aliphatic carbocycles. The number of nitrogens with zero attached hydrogens (tertiary/aromatic N) is 1. The predicted octanol–water partition coefficient (Wildman–Crippen LogP) is 3.42. The summed E-state index contributed by atoms with van der Waals surface area (Å²) in [6.45, 7) is 0. The topological polar surface area (TPSA) is 37.4 Å². The lowest BCUT2D eigenvalue weighted by Gasteiger charge is -2.15. The molecule has 0 atom stereocenters. The van der Waals surface area contributed by atoms with Crippen LogP contribution in [-0.4, -0.2) is 12.2 Å². The third-order valence-electron chi connectivity index (χ3n) is 3.32. The molecule has 0 saturated heterocycles. The van der Waals surface area contributed by atoms with E-state index in [-0.39, 0.29) is 5.91 Å². The predicted molar refractivity (Wildman–Crippen MR) is 78.5 cm³/mol. The van der Waals surface area contributed by atoms with E-state index in [1.807, 2.05) is 42.5 Å². The van der Waals surface area contributed by atoms with E-state index < -0.39 is 0 Å². The van der Waals surface area contributed by atoms with Gasteiger partial charge in [-0.05, 0) is 23.3 Å². The van der Waals surface area contributed by atoms with Gasteiger partial charge in [-0.15, -0.1) is 0 Å². The monoisotopic (exact) mass is 263 g/mol. The average molecular weight is 263 g/mol. The van der Waals surface area contributed by atoms with Gasteiger partial charge in [-0.25, -0.2) is 0 Å². The maximum Gasteiger partial charge on any atom is 0.234 e. The normalized spacial score (nSPS) is 13.8. The van der Waals surface area contributed by atoms with Gasteiger partial charge in [0.05, 0.1) is 0 Å². The highest BCUT2D eigenvalue weighted by molar-refractivity contribution is 5.99. The van der Waals surface area contributed by atoms with E-state index >= 15 is 0 Å². The third kappa shape index (κ3) is 2.26. The molecular weight excluding hydrogens is 250 g/mol. The van der Waals surface area contributed by atoms with Crippen molar-refractivity contribution >= 4 is 17.9 Å². The summed E-state index contributed by atoms with van der Waals surface area (Å²) >= 11 is 0. The second-order valence-electron chi connectivity index (χ2n) is 4.64. The summed E-state index contributed by atoms with van der Waals surface area (Å²) < 4.78 is 0. The fourth-order valence-corrected chi connectivity index (χ4v) is 2.26. The fraction of sp³-hybridized carbons (Fsp3) is 0.0588. The second kappa shape index (κ2) is 5.13. The number of amides is 1. The van der Waals surface area contributed by atoms with Crippen LogP contribution in [0.25, 0.3) is 11.1 Å². The maximum absolute atomic E-state index is 11.7. The summed E-state index contributed by atoms with van der Waals surface area (Å²) in [4.78, 5) is 24.1. The Morgan fingerprint density at radius 1 is 1.00 bits per heavy atom. The molecule has 0 radical (unpaired) electrons. The average Bonchev–Trinajstić information content (AvgIpc) is 2.94. The minimum atomic E-state index is 0.0819. The van der Waals surface area contributed by atoms with Crippen LogP contribution in [0, 0.1) is 0 Å². The van der Waals surface area contributed by atoms with Gasteiger partial charge < -0.3 is 0 Å². The molecule has 2 aromatic carbocycles. The number of carbonyl (C=O) groups excluding carboxylic acids is 2. The first-order valence-corrected chi connectivity index (χ1v) is 6.42. The Balaban J connectivity index is 1.96. The standard InChI is InChI=1S/C17H13NO2/c19-12-13-6-8-14(9-7-13)15-3-1-4-16(11-15)18-10-2-5-17(18)20/h1-4,6-12H,5H2. The third-order valence-corrected chi connectivity index (χ3v) is 3.32. The van der Waals surface area contributed by atoms with Gasteiger partial charge in [0.25, 0.3) is 0 Å². The van der Waals surface area contributed by atoms with E-state index in [2.05, 4.69) is 0 Å². The van der Waals surface area contributed by atoms with Crippen molar-refractivity contribution in [2.75, 3.05) is 4.90 Å². The molecule has 3 nitrogen and oxygen atoms in total. The summed E-state index contributed by atoms with van der Waals surface area (Å²) in [5.41, 5.74) is 3.56. The summed E-state index contributed by atoms with van der Waals surface area (Å²) in [6, 6.07) is 15.2. The minimum absolute atomic E-state index is 0.0819. The number of aldehydes is 1. The van der Waals surface area contributed by atoms with Gasteiger partial charge >= 0.3 is 0 Å². The molecule has 0 bridgehead atoms. The van der Waals surface area contributed by atoms with Gasteiger partial charge in [0.15, 0.2) is 0 Å². The van der Waals surface area contributed by atoms with Gasteiger partial charge in [0.1, 0.15) is 6.29 Å². The number of hydrogen-bond donors (Lipinski definition) is 0. The summed E-state index contributed by atoms with van der Waals surface area (Å²) in [6.07, 6.45) is 4.94. The molecule has 0 unspecified atom stereocenters. The summed E-state index contributed by atoms with van der Waals surface area (Å²) in [7, 11) is 0. The van der Waals surface area contributed by atoms with Crippen molar-refractivity contribution < 1.29 is 9.59 Å². The summed E-state index contributed by atoms with van der Waals surface area (Å²) in [5.74, 6) is 0.0819. The molecule has 3 rings (SSSR count). The van der Waals surface area contributed by atoms with Crippen molar-refractivity contribution in [2.24, 2.45) is 0 Å². The van der Waals surface area contributed by atoms with Crippen LogP contribution < -0.4 is 4.90 Å². The van der Waals surface area contributed by atoms with E-state index in [4.69, 9.17) is 0 Å². The summed E-state index contributed by atoms with van der Waals surface area (Å²) in [5, 5.41) is 0. The molecule has 1 aliphatic rings. The molecule has 0 saturated carbocycles. The highest BCUT2D eigenvalue weighted by Crippen LogP contribution is 2.27. The van der Waals surface area contributed by atoms with Gasteiger partial charge in [0.2, 0.25) is 5.91 Å². The number of hydrogen-bond acceptors (Lipinski definition) is 2. The van der Waals surface area contributed by atoms with Crippen LogP contribution in [0.5, 0.6) is 0 Å². The lowest BCUT2D eigenvalue weighted by Crippen LogP contribution is -2.19. The van der Waals surface area contributed by atoms with Gasteiger partial charge in [0, 0.05) is 23.9 Å². The van der Waals surface area contributed by atoms with E-state index in [0.717, 1.165) is 23.1 Å². The highest BCUT2D eigenvalue weighted by Gasteiger charge is 2.16. The van der Waals surface area contributed by atoms with Gasteiger partial charge in [-0.2, -0.15) is 0 Å². The van der Waals surface area contributed by atoms with Crippen LogP contribution in [0.2, 0.25) is 0 Å². The Labute approximate surface area is 117 Å². The van der Waals surface area contributed by atoms with Crippen LogP contribution in [0.1, 0.15) is 16.8 Å². The Morgan fingerprint density at radius 2 is 1.80 bits per heavy atom. The maximum atomic E-state index is 11.7. The Bertz CT molecular complexity index is 686. The fourth-order valence-electron chi connectivity index (χ4n) is 2.26. The molecule has 0 aromatic heterocycles. The minimum Gasteiger partial charge on any atom is -0.298 e. The first kappa shape index (κ1) is 12.4. The van der Waals surface area contributed by atoms with Crippen LogP contribution in [0.3, 0.4) is 0 Å². The van der Waals surface area contributed by atoms with Crippen molar-refractivity contribution in [3.8, 4) is 11.1 Å². The van der Waals surface area contributed by atoms with E-state index in [9.17, 15) is 9.59 Å². The van der Waals surface area contributed by atoms with Crippen molar-refractivity contribution in [3.63, 3.8) is 0 Å². The Kier molecular flexibility index (Phi) is 3.17. The lowest BCUT2D eigenvalue weighted by molar-refractivity contribution is -0.116. The molecule has 3 heteroatoms. The largest absolute Gasteiger partial charge is 0.298 e. The van der Waals surface area contributed by atoms with Crippen LogP contribution >= 0.6 is 0 Å². The smallest absolute Gasteiger partial charge is 0.234 e. The molecule has 20 heavy (non-hydrogen) atoms. The van der Waals surface area contributed by atoms with Crippen molar-refractivity contribution in [3.05, 3.63) is 66.4 Å². The molecule has 1 amide bonds. The van der Waals surface area contributed by atoms with Crippen molar-refractivity contribution in [1.29, 1.82) is 0 Å². The van der Waals surface area contributed by atoms with Gasteiger partial charge in [-0.3, -0.25) is 14.5 Å². The zero-order chi connectivity index (χ0) is 13.9. The first-order valence-electron chi connectivity index (χ1n) is 6.42. The number of anilines is 1. The van der Waals surface area contributed by atoms with E-state index in [1.165, 1.54) is 0 Å². The van der Waals surface area contributed by atoms with E-state index in [1.54, 1.807) is 23.2 Å². The van der Waals surface area contributed by atoms with Gasteiger partial charge in [-0.1, -0.05) is 42.5 Å². The van der Waals surface area contributed by atoms with Crippen LogP contribution in [0.4, 0.5) is 5.69 Å². The number of carbonyl (C=O) groups is 2. The molecule has 98 valence electrons. The molecule has 2 aromatic rings. The number of rotatable bonds is 3. The first-order chi connectivity index (χ1) is 9.78. The van der Waals surface area contributed by atoms with Crippen LogP contribution in [0.15, 0.2) is 60.8 Å². The van der Waals surface area contributed by atoms with Crippen molar-refractivity contribution in [1.82, 2.24) is 0 Å². The zero-order valence-electron chi connectivity index (χ0n) is 10.8. The molecular formula is C17H13NO2. The SMILES string of the molecule is O=Cc1ccc(-c2cccc(N3C=CCC3=O)c2)cc1. The Morgan fingerprint density at radius 3 is 2.45 bits per heavy atom. The zero-order valence-corrected chi connectivity index (χ0v) is 10.8. The molecule has 0 spiro atoms. The quantitative estimate of drug-likeness (QED) is 0.796. The highest BCUT2D eigenvalue weighted by atomic mass is 16.2. The molecule has 0 N–H and O–H groups in total.